The highest BCUT2D eigenvalue weighted by atomic mass is 35.5. The van der Waals surface area contributed by atoms with Crippen molar-refractivity contribution in [2.45, 2.75) is 4.90 Å². The average molecular weight is 462 g/mol. The van der Waals surface area contributed by atoms with Crippen LogP contribution in [0.1, 0.15) is 5.01 Å². The quantitative estimate of drug-likeness (QED) is 0.461. The van der Waals surface area contributed by atoms with Crippen molar-refractivity contribution in [3.63, 3.8) is 0 Å². The summed E-state index contributed by atoms with van der Waals surface area (Å²) in [5.41, 5.74) is 4.02. The van der Waals surface area contributed by atoms with Crippen LogP contribution in [0.15, 0.2) is 52.5 Å². The van der Waals surface area contributed by atoms with Crippen LogP contribution in [0, 0.1) is 11.3 Å². The first kappa shape index (κ1) is 20.7. The molecule has 1 N–H and O–H groups in total. The maximum atomic E-state index is 12.9. The summed E-state index contributed by atoms with van der Waals surface area (Å²) >= 11 is 7.52. The van der Waals surface area contributed by atoms with Crippen LogP contribution in [-0.2, 0) is 14.8 Å². The standard InChI is InChI=1S/C19H16ClN5O3S2/c20-14-6-5-13(11-18(14)30(26,27)25-7-9-28-10-8-25)23-24-16(12-21)19-22-15-3-1-2-4-17(15)29-19/h1-6,11,23H,7-10H2. The second-order valence-electron chi connectivity index (χ2n) is 6.33. The highest BCUT2D eigenvalue weighted by Gasteiger charge is 2.28. The third-order valence-corrected chi connectivity index (χ3v) is 7.84. The number of anilines is 1. The molecule has 4 rings (SSSR count). The number of thiazole rings is 1. The Bertz CT molecular complexity index is 1230. The number of sulfonamides is 1. The summed E-state index contributed by atoms with van der Waals surface area (Å²) in [6, 6.07) is 14.1. The number of nitriles is 1. The van der Waals surface area contributed by atoms with Gasteiger partial charge in [-0.2, -0.15) is 14.7 Å². The van der Waals surface area contributed by atoms with Gasteiger partial charge in [0, 0.05) is 13.1 Å². The zero-order chi connectivity index (χ0) is 21.1. The van der Waals surface area contributed by atoms with E-state index in [2.05, 4.69) is 15.5 Å². The molecular formula is C19H16ClN5O3S2. The first-order valence-corrected chi connectivity index (χ1v) is 11.6. The Kier molecular flexibility index (Phi) is 5.99. The summed E-state index contributed by atoms with van der Waals surface area (Å²) in [5.74, 6) is 0. The number of morpholine rings is 1. The van der Waals surface area contributed by atoms with Crippen LogP contribution < -0.4 is 5.43 Å². The number of benzene rings is 2. The van der Waals surface area contributed by atoms with Crippen molar-refractivity contribution in [2.75, 3.05) is 31.7 Å². The van der Waals surface area contributed by atoms with E-state index in [0.29, 0.717) is 23.9 Å². The molecule has 8 nitrogen and oxygen atoms in total. The molecule has 2 heterocycles. The Labute approximate surface area is 182 Å². The zero-order valence-corrected chi connectivity index (χ0v) is 18.0. The fourth-order valence-corrected chi connectivity index (χ4v) is 5.72. The smallest absolute Gasteiger partial charge is 0.244 e. The van der Waals surface area contributed by atoms with Gasteiger partial charge in [-0.1, -0.05) is 23.7 Å². The van der Waals surface area contributed by atoms with E-state index in [1.807, 2.05) is 30.3 Å². The van der Waals surface area contributed by atoms with Gasteiger partial charge < -0.3 is 4.74 Å². The van der Waals surface area contributed by atoms with Crippen molar-refractivity contribution in [2.24, 2.45) is 5.10 Å². The molecule has 2 aromatic carbocycles. The Hall–Kier alpha value is -2.55. The summed E-state index contributed by atoms with van der Waals surface area (Å²) in [6.45, 7) is 1.22. The fourth-order valence-electron chi connectivity index (χ4n) is 2.91. The number of hydrazone groups is 1. The lowest BCUT2D eigenvalue weighted by molar-refractivity contribution is 0.0730. The van der Waals surface area contributed by atoms with Gasteiger partial charge in [0.05, 0.1) is 34.1 Å². The summed E-state index contributed by atoms with van der Waals surface area (Å²) in [4.78, 5) is 4.39. The number of hydrogen-bond acceptors (Lipinski definition) is 8. The number of rotatable bonds is 5. The Morgan fingerprint density at radius 3 is 2.77 bits per heavy atom. The maximum Gasteiger partial charge on any atom is 0.244 e. The molecular weight excluding hydrogens is 446 g/mol. The third kappa shape index (κ3) is 4.16. The number of fused-ring (bicyclic) bond motifs is 1. The lowest BCUT2D eigenvalue weighted by Crippen LogP contribution is -2.40. The van der Waals surface area contributed by atoms with Gasteiger partial charge in [0.25, 0.3) is 0 Å². The molecule has 0 unspecified atom stereocenters. The van der Waals surface area contributed by atoms with E-state index in [-0.39, 0.29) is 28.7 Å². The summed E-state index contributed by atoms with van der Waals surface area (Å²) in [7, 11) is -3.77. The van der Waals surface area contributed by atoms with Crippen LogP contribution in [0.5, 0.6) is 0 Å². The number of ether oxygens (including phenoxy) is 1. The number of aromatic nitrogens is 1. The highest BCUT2D eigenvalue weighted by molar-refractivity contribution is 7.89. The van der Waals surface area contributed by atoms with E-state index in [1.54, 1.807) is 6.07 Å². The normalized spacial score (nSPS) is 15.8. The van der Waals surface area contributed by atoms with E-state index in [1.165, 1.54) is 27.8 Å². The summed E-state index contributed by atoms with van der Waals surface area (Å²) in [5, 5.41) is 14.2. The minimum absolute atomic E-state index is 0.0234. The van der Waals surface area contributed by atoms with Gasteiger partial charge >= 0.3 is 0 Å². The van der Waals surface area contributed by atoms with Gasteiger partial charge in [-0.15, -0.1) is 11.3 Å². The summed E-state index contributed by atoms with van der Waals surface area (Å²) < 4.78 is 33.4. The molecule has 1 fully saturated rings. The molecule has 0 bridgehead atoms. The lowest BCUT2D eigenvalue weighted by Gasteiger charge is -2.26. The molecule has 1 aromatic heterocycles. The van der Waals surface area contributed by atoms with E-state index < -0.39 is 10.0 Å². The van der Waals surface area contributed by atoms with Crippen LogP contribution >= 0.6 is 22.9 Å². The summed E-state index contributed by atoms with van der Waals surface area (Å²) in [6.07, 6.45) is 0. The molecule has 0 saturated carbocycles. The maximum absolute atomic E-state index is 12.9. The molecule has 0 atom stereocenters. The first-order valence-electron chi connectivity index (χ1n) is 8.96. The molecule has 154 valence electrons. The monoisotopic (exact) mass is 461 g/mol. The number of nitrogens with one attached hydrogen (secondary N) is 1. The van der Waals surface area contributed by atoms with Crippen molar-refractivity contribution >= 4 is 54.6 Å². The van der Waals surface area contributed by atoms with Crippen LogP contribution in [-0.4, -0.2) is 49.7 Å². The predicted octanol–water partition coefficient (Wildman–Crippen LogP) is 3.31. The van der Waals surface area contributed by atoms with E-state index >= 15 is 0 Å². The zero-order valence-electron chi connectivity index (χ0n) is 15.6. The number of hydrogen-bond donors (Lipinski definition) is 1. The second kappa shape index (κ2) is 8.67. The SMILES string of the molecule is N#CC(=NNc1ccc(Cl)c(S(=O)(=O)N2CCOCC2)c1)c1nc2ccccc2s1. The Balaban J connectivity index is 1.61. The minimum atomic E-state index is -3.77. The molecule has 30 heavy (non-hydrogen) atoms. The molecule has 3 aromatic rings. The number of nitrogens with zero attached hydrogens (tertiary/aromatic N) is 4. The van der Waals surface area contributed by atoms with Crippen LogP contribution in [0.4, 0.5) is 5.69 Å². The van der Waals surface area contributed by atoms with Gasteiger partial charge in [0.1, 0.15) is 11.0 Å². The van der Waals surface area contributed by atoms with Gasteiger partial charge in [-0.05, 0) is 30.3 Å². The molecule has 0 aliphatic carbocycles. The van der Waals surface area contributed by atoms with Crippen molar-refractivity contribution in [3.8, 4) is 6.07 Å². The third-order valence-electron chi connectivity index (χ3n) is 4.42. The van der Waals surface area contributed by atoms with Crippen LogP contribution in [0.2, 0.25) is 5.02 Å². The van der Waals surface area contributed by atoms with Gasteiger partial charge in [-0.25, -0.2) is 13.4 Å². The van der Waals surface area contributed by atoms with E-state index in [9.17, 15) is 13.7 Å². The largest absolute Gasteiger partial charge is 0.379 e. The second-order valence-corrected chi connectivity index (χ2v) is 9.68. The Morgan fingerprint density at radius 1 is 1.27 bits per heavy atom. The van der Waals surface area contributed by atoms with Crippen LogP contribution in [0.25, 0.3) is 10.2 Å². The first-order chi connectivity index (χ1) is 14.5. The molecule has 1 aliphatic rings. The van der Waals surface area contributed by atoms with Gasteiger partial charge in [0.2, 0.25) is 10.0 Å². The molecule has 11 heteroatoms. The van der Waals surface area contributed by atoms with E-state index in [0.717, 1.165) is 10.2 Å². The van der Waals surface area contributed by atoms with E-state index in [4.69, 9.17) is 16.3 Å². The van der Waals surface area contributed by atoms with Crippen LogP contribution in [0.3, 0.4) is 0 Å². The van der Waals surface area contributed by atoms with Gasteiger partial charge in [0.15, 0.2) is 10.7 Å². The number of halogens is 1. The molecule has 0 radical (unpaired) electrons. The predicted molar refractivity (Wildman–Crippen MR) is 116 cm³/mol. The molecule has 1 saturated heterocycles. The van der Waals surface area contributed by atoms with Crippen molar-refractivity contribution < 1.29 is 13.2 Å². The highest BCUT2D eigenvalue weighted by Crippen LogP contribution is 2.28. The molecule has 0 spiro atoms. The average Bonchev–Trinajstić information content (AvgIpc) is 3.19. The van der Waals surface area contributed by atoms with Crippen molar-refractivity contribution in [1.29, 1.82) is 5.26 Å². The topological polar surface area (TPSA) is 108 Å². The molecule has 1 aliphatic heterocycles. The fraction of sp³-hybridized carbons (Fsp3) is 0.211. The van der Waals surface area contributed by atoms with Gasteiger partial charge in [-0.3, -0.25) is 5.43 Å². The van der Waals surface area contributed by atoms with Crippen molar-refractivity contribution in [1.82, 2.24) is 9.29 Å². The molecule has 0 amide bonds. The lowest BCUT2D eigenvalue weighted by atomic mass is 10.3. The van der Waals surface area contributed by atoms with Crippen molar-refractivity contribution in [3.05, 3.63) is 52.5 Å². The minimum Gasteiger partial charge on any atom is -0.379 e. The number of para-hydroxylation sites is 1. The Morgan fingerprint density at radius 2 is 2.03 bits per heavy atom.